The molecule has 6 heteroatoms. The Hall–Kier alpha value is -2.73. The van der Waals surface area contributed by atoms with Crippen LogP contribution in [0.3, 0.4) is 0 Å². The number of aromatic nitrogens is 1. The highest BCUT2D eigenvalue weighted by Gasteiger charge is 2.07. The maximum absolute atomic E-state index is 13.6. The fraction of sp³-hybridized carbons (Fsp3) is 0.0588. The van der Waals surface area contributed by atoms with Crippen LogP contribution in [0.5, 0.6) is 0 Å². The van der Waals surface area contributed by atoms with Crippen molar-refractivity contribution in [1.29, 1.82) is 0 Å². The monoisotopic (exact) mass is 328 g/mol. The molecule has 0 saturated carbocycles. The number of hydrogen-bond acceptors (Lipinski definition) is 4. The number of rotatable bonds is 5. The number of halogens is 1. The molecule has 0 aliphatic heterocycles. The standard InChI is InChI=1S/C17H13FN2O2S/c18-15-6-2-1-4-12(15)10-14-11-19-17(23-14)20-16(21)8-7-13-5-3-9-22-13/h1-9,11H,10H2,(H,19,20,21). The first-order valence-electron chi connectivity index (χ1n) is 6.91. The minimum atomic E-state index is -0.298. The Morgan fingerprint density at radius 1 is 1.30 bits per heavy atom. The molecule has 0 aliphatic carbocycles. The number of carbonyl (C=O) groups is 1. The number of nitrogens with zero attached hydrogens (tertiary/aromatic N) is 1. The number of nitrogens with one attached hydrogen (secondary N) is 1. The lowest BCUT2D eigenvalue weighted by molar-refractivity contribution is -0.111. The van der Waals surface area contributed by atoms with Gasteiger partial charge in [0.1, 0.15) is 11.6 Å². The molecule has 0 spiro atoms. The van der Waals surface area contributed by atoms with Crippen molar-refractivity contribution < 1.29 is 13.6 Å². The van der Waals surface area contributed by atoms with E-state index in [2.05, 4.69) is 10.3 Å². The van der Waals surface area contributed by atoms with Gasteiger partial charge in [0.2, 0.25) is 5.91 Å². The summed E-state index contributed by atoms with van der Waals surface area (Å²) in [6.07, 6.45) is 6.57. The second-order valence-corrected chi connectivity index (χ2v) is 5.85. The molecule has 1 amide bonds. The number of carbonyl (C=O) groups excluding carboxylic acids is 1. The second kappa shape index (κ2) is 7.02. The molecular weight excluding hydrogens is 315 g/mol. The van der Waals surface area contributed by atoms with E-state index < -0.39 is 0 Å². The van der Waals surface area contributed by atoms with Gasteiger partial charge >= 0.3 is 0 Å². The Balaban J connectivity index is 1.61. The smallest absolute Gasteiger partial charge is 0.250 e. The van der Waals surface area contributed by atoms with E-state index in [1.54, 1.807) is 42.6 Å². The molecule has 1 aromatic carbocycles. The molecule has 3 aromatic rings. The second-order valence-electron chi connectivity index (χ2n) is 4.74. The van der Waals surface area contributed by atoms with Crippen molar-refractivity contribution in [2.24, 2.45) is 0 Å². The van der Waals surface area contributed by atoms with Gasteiger partial charge in [-0.05, 0) is 29.8 Å². The quantitative estimate of drug-likeness (QED) is 0.717. The molecule has 0 saturated heterocycles. The van der Waals surface area contributed by atoms with E-state index in [9.17, 15) is 9.18 Å². The van der Waals surface area contributed by atoms with E-state index in [1.165, 1.54) is 29.7 Å². The number of amides is 1. The molecule has 0 bridgehead atoms. The molecule has 3 rings (SSSR count). The van der Waals surface area contributed by atoms with Gasteiger partial charge in [0.05, 0.1) is 6.26 Å². The molecule has 2 heterocycles. The summed E-state index contributed by atoms with van der Waals surface area (Å²) in [5.41, 5.74) is 0.603. The van der Waals surface area contributed by atoms with E-state index >= 15 is 0 Å². The SMILES string of the molecule is O=C(C=Cc1ccco1)Nc1ncc(Cc2ccccc2F)s1. The van der Waals surface area contributed by atoms with E-state index in [-0.39, 0.29) is 11.7 Å². The molecule has 0 fully saturated rings. The van der Waals surface area contributed by atoms with Crippen LogP contribution in [0.4, 0.5) is 9.52 Å². The van der Waals surface area contributed by atoms with E-state index in [0.29, 0.717) is 22.9 Å². The van der Waals surface area contributed by atoms with Gasteiger partial charge in [0.25, 0.3) is 0 Å². The van der Waals surface area contributed by atoms with E-state index in [4.69, 9.17) is 4.42 Å². The number of furan rings is 1. The van der Waals surface area contributed by atoms with Crippen molar-refractivity contribution in [2.45, 2.75) is 6.42 Å². The number of benzene rings is 1. The predicted octanol–water partition coefficient (Wildman–Crippen LogP) is 4.12. The largest absolute Gasteiger partial charge is 0.465 e. The summed E-state index contributed by atoms with van der Waals surface area (Å²) in [5, 5.41) is 3.15. The van der Waals surface area contributed by atoms with Crippen LogP contribution in [0.2, 0.25) is 0 Å². The predicted molar refractivity (Wildman–Crippen MR) is 87.7 cm³/mol. The van der Waals surface area contributed by atoms with Crippen LogP contribution < -0.4 is 5.32 Å². The fourth-order valence-electron chi connectivity index (χ4n) is 1.97. The Morgan fingerprint density at radius 3 is 2.96 bits per heavy atom. The normalized spacial score (nSPS) is 11.0. The number of thiazole rings is 1. The highest BCUT2D eigenvalue weighted by Crippen LogP contribution is 2.22. The van der Waals surface area contributed by atoms with Crippen molar-refractivity contribution in [3.8, 4) is 0 Å². The molecule has 0 unspecified atom stereocenters. The molecule has 2 aromatic heterocycles. The zero-order chi connectivity index (χ0) is 16.1. The average molecular weight is 328 g/mol. The lowest BCUT2D eigenvalue weighted by atomic mass is 10.1. The molecule has 116 valence electrons. The fourth-order valence-corrected chi connectivity index (χ4v) is 2.81. The van der Waals surface area contributed by atoms with Crippen molar-refractivity contribution in [2.75, 3.05) is 5.32 Å². The minimum absolute atomic E-state index is 0.243. The van der Waals surface area contributed by atoms with Crippen LogP contribution in [0, 0.1) is 5.82 Å². The molecular formula is C17H13FN2O2S. The Morgan fingerprint density at radius 2 is 2.17 bits per heavy atom. The molecule has 0 aliphatic rings. The summed E-state index contributed by atoms with van der Waals surface area (Å²) >= 11 is 1.32. The zero-order valence-electron chi connectivity index (χ0n) is 12.0. The Kier molecular flexibility index (Phi) is 4.63. The van der Waals surface area contributed by atoms with Gasteiger partial charge in [-0.15, -0.1) is 11.3 Å². The average Bonchev–Trinajstić information content (AvgIpc) is 3.19. The van der Waals surface area contributed by atoms with Gasteiger partial charge in [-0.2, -0.15) is 0 Å². The Bertz CT molecular complexity index is 825. The summed E-state index contributed by atoms with van der Waals surface area (Å²) in [4.78, 5) is 16.8. The lowest BCUT2D eigenvalue weighted by Gasteiger charge is -1.99. The van der Waals surface area contributed by atoms with Crippen molar-refractivity contribution in [1.82, 2.24) is 4.98 Å². The highest BCUT2D eigenvalue weighted by molar-refractivity contribution is 7.15. The third kappa shape index (κ3) is 4.14. The topological polar surface area (TPSA) is 55.1 Å². The van der Waals surface area contributed by atoms with Crippen molar-refractivity contribution in [3.63, 3.8) is 0 Å². The first-order valence-corrected chi connectivity index (χ1v) is 7.73. The summed E-state index contributed by atoms with van der Waals surface area (Å²) in [5.74, 6) is 0.0561. The van der Waals surface area contributed by atoms with Gasteiger partial charge in [0.15, 0.2) is 5.13 Å². The molecule has 1 N–H and O–H groups in total. The summed E-state index contributed by atoms with van der Waals surface area (Å²) in [6, 6.07) is 10.1. The van der Waals surface area contributed by atoms with Crippen LogP contribution >= 0.6 is 11.3 Å². The van der Waals surface area contributed by atoms with Gasteiger partial charge in [0, 0.05) is 23.6 Å². The number of hydrogen-bond donors (Lipinski definition) is 1. The van der Waals surface area contributed by atoms with Crippen molar-refractivity contribution in [3.05, 3.63) is 77.0 Å². The molecule has 0 radical (unpaired) electrons. The van der Waals surface area contributed by atoms with E-state index in [1.807, 2.05) is 0 Å². The Labute approximate surface area is 136 Å². The van der Waals surface area contributed by atoms with Crippen LogP contribution in [-0.2, 0) is 11.2 Å². The first-order chi connectivity index (χ1) is 11.2. The van der Waals surface area contributed by atoms with Gasteiger partial charge in [-0.25, -0.2) is 9.37 Å². The summed E-state index contributed by atoms with van der Waals surface area (Å²) in [6.45, 7) is 0. The van der Waals surface area contributed by atoms with Crippen molar-refractivity contribution >= 4 is 28.5 Å². The summed E-state index contributed by atoms with van der Waals surface area (Å²) in [7, 11) is 0. The third-order valence-electron chi connectivity index (χ3n) is 3.05. The van der Waals surface area contributed by atoms with Crippen LogP contribution in [-0.4, -0.2) is 10.9 Å². The van der Waals surface area contributed by atoms with E-state index in [0.717, 1.165) is 4.88 Å². The van der Waals surface area contributed by atoms with Crippen LogP contribution in [0.15, 0.2) is 59.4 Å². The summed E-state index contributed by atoms with van der Waals surface area (Å²) < 4.78 is 18.7. The van der Waals surface area contributed by atoms with Crippen LogP contribution in [0.1, 0.15) is 16.2 Å². The van der Waals surface area contributed by atoms with Gasteiger partial charge in [-0.1, -0.05) is 18.2 Å². The highest BCUT2D eigenvalue weighted by atomic mass is 32.1. The molecule has 4 nitrogen and oxygen atoms in total. The van der Waals surface area contributed by atoms with Gasteiger partial charge in [-0.3, -0.25) is 10.1 Å². The zero-order valence-corrected chi connectivity index (χ0v) is 12.8. The minimum Gasteiger partial charge on any atom is -0.465 e. The maximum atomic E-state index is 13.6. The van der Waals surface area contributed by atoms with Crippen LogP contribution in [0.25, 0.3) is 6.08 Å². The molecule has 0 atom stereocenters. The first kappa shape index (κ1) is 15.2. The third-order valence-corrected chi connectivity index (χ3v) is 3.96. The molecule has 23 heavy (non-hydrogen) atoms. The maximum Gasteiger partial charge on any atom is 0.250 e. The lowest BCUT2D eigenvalue weighted by Crippen LogP contribution is -2.06. The van der Waals surface area contributed by atoms with Gasteiger partial charge < -0.3 is 4.42 Å². The number of anilines is 1.